The standard InChI is InChI=1S/C29H23NO2S/c31-28(22-10-15-27-23(18-22)17-21-8-4-5-9-26(21)27)19-33-25-13-11-24(12-14-25)30-29(32)16-20-6-2-1-3-7-20/h1-15,18H,16-17,19H2,(H,30,32). The minimum absolute atomic E-state index is 0.0458. The van der Waals surface area contributed by atoms with Gasteiger partial charge in [0, 0.05) is 16.1 Å². The Morgan fingerprint density at radius 1 is 0.758 bits per heavy atom. The second-order valence-corrected chi connectivity index (χ2v) is 9.20. The third-order valence-electron chi connectivity index (χ3n) is 5.83. The van der Waals surface area contributed by atoms with Crippen molar-refractivity contribution in [2.45, 2.75) is 17.7 Å². The molecule has 0 aromatic heterocycles. The van der Waals surface area contributed by atoms with Gasteiger partial charge in [-0.15, -0.1) is 11.8 Å². The molecule has 1 aliphatic rings. The molecule has 0 aliphatic heterocycles. The number of amides is 1. The highest BCUT2D eigenvalue weighted by molar-refractivity contribution is 8.00. The lowest BCUT2D eigenvalue weighted by atomic mass is 10.0. The van der Waals surface area contributed by atoms with Gasteiger partial charge in [-0.25, -0.2) is 0 Å². The number of anilines is 1. The quantitative estimate of drug-likeness (QED) is 0.231. The Kier molecular flexibility index (Phi) is 6.09. The molecule has 0 fully saturated rings. The molecule has 33 heavy (non-hydrogen) atoms. The number of hydrogen-bond acceptors (Lipinski definition) is 3. The predicted octanol–water partition coefficient (Wildman–Crippen LogP) is 6.41. The van der Waals surface area contributed by atoms with Crippen LogP contribution in [0.3, 0.4) is 0 Å². The van der Waals surface area contributed by atoms with Crippen molar-refractivity contribution in [3.8, 4) is 11.1 Å². The van der Waals surface area contributed by atoms with Crippen molar-refractivity contribution in [1.29, 1.82) is 0 Å². The number of carbonyl (C=O) groups is 2. The molecule has 0 saturated carbocycles. The van der Waals surface area contributed by atoms with Crippen molar-refractivity contribution in [2.24, 2.45) is 0 Å². The van der Waals surface area contributed by atoms with Gasteiger partial charge in [-0.05, 0) is 64.6 Å². The van der Waals surface area contributed by atoms with Gasteiger partial charge in [-0.1, -0.05) is 66.7 Å². The number of rotatable bonds is 7. The van der Waals surface area contributed by atoms with E-state index < -0.39 is 0 Å². The van der Waals surface area contributed by atoms with E-state index in [1.807, 2.05) is 66.7 Å². The van der Waals surface area contributed by atoms with E-state index in [4.69, 9.17) is 0 Å². The average molecular weight is 450 g/mol. The maximum Gasteiger partial charge on any atom is 0.228 e. The summed E-state index contributed by atoms with van der Waals surface area (Å²) in [5.41, 5.74) is 7.56. The first-order chi connectivity index (χ1) is 16.2. The fourth-order valence-corrected chi connectivity index (χ4v) is 4.96. The van der Waals surface area contributed by atoms with Crippen LogP contribution < -0.4 is 5.32 Å². The highest BCUT2D eigenvalue weighted by Crippen LogP contribution is 2.37. The van der Waals surface area contributed by atoms with Gasteiger partial charge in [-0.3, -0.25) is 9.59 Å². The first-order valence-corrected chi connectivity index (χ1v) is 12.0. The van der Waals surface area contributed by atoms with E-state index in [2.05, 4.69) is 35.6 Å². The zero-order chi connectivity index (χ0) is 22.6. The van der Waals surface area contributed by atoms with Crippen LogP contribution in [-0.4, -0.2) is 17.4 Å². The van der Waals surface area contributed by atoms with Gasteiger partial charge in [0.2, 0.25) is 5.91 Å². The Morgan fingerprint density at radius 3 is 2.30 bits per heavy atom. The van der Waals surface area contributed by atoms with Crippen LogP contribution in [0.25, 0.3) is 11.1 Å². The second-order valence-electron chi connectivity index (χ2n) is 8.15. The van der Waals surface area contributed by atoms with E-state index in [0.29, 0.717) is 12.2 Å². The zero-order valence-electron chi connectivity index (χ0n) is 18.1. The molecule has 0 unspecified atom stereocenters. The van der Waals surface area contributed by atoms with Crippen LogP contribution >= 0.6 is 11.8 Å². The lowest BCUT2D eigenvalue weighted by Crippen LogP contribution is -2.14. The maximum atomic E-state index is 12.8. The number of nitrogens with one attached hydrogen (secondary N) is 1. The van der Waals surface area contributed by atoms with Crippen LogP contribution in [0, 0.1) is 0 Å². The lowest BCUT2D eigenvalue weighted by molar-refractivity contribution is -0.115. The summed E-state index contributed by atoms with van der Waals surface area (Å²) >= 11 is 1.51. The Labute approximate surface area is 197 Å². The number of Topliss-reactive ketones (excluding diaryl/α,β-unsaturated/α-hetero) is 1. The van der Waals surface area contributed by atoms with Crippen LogP contribution in [-0.2, 0) is 17.6 Å². The van der Waals surface area contributed by atoms with E-state index in [1.165, 1.54) is 34.0 Å². The van der Waals surface area contributed by atoms with E-state index in [9.17, 15) is 9.59 Å². The third kappa shape index (κ3) is 4.91. The summed E-state index contributed by atoms with van der Waals surface area (Å²) in [6.45, 7) is 0. The monoisotopic (exact) mass is 449 g/mol. The molecule has 1 N–H and O–H groups in total. The van der Waals surface area contributed by atoms with Gasteiger partial charge in [-0.2, -0.15) is 0 Å². The van der Waals surface area contributed by atoms with E-state index >= 15 is 0 Å². The molecular weight excluding hydrogens is 426 g/mol. The minimum Gasteiger partial charge on any atom is -0.326 e. The molecule has 1 aliphatic carbocycles. The van der Waals surface area contributed by atoms with Crippen molar-refractivity contribution in [2.75, 3.05) is 11.1 Å². The molecule has 0 bridgehead atoms. The summed E-state index contributed by atoms with van der Waals surface area (Å²) in [5.74, 6) is 0.459. The smallest absolute Gasteiger partial charge is 0.228 e. The van der Waals surface area contributed by atoms with Gasteiger partial charge in [0.25, 0.3) is 0 Å². The molecule has 5 rings (SSSR count). The predicted molar refractivity (Wildman–Crippen MR) is 135 cm³/mol. The van der Waals surface area contributed by atoms with Crippen LogP contribution in [0.15, 0.2) is 102 Å². The van der Waals surface area contributed by atoms with Gasteiger partial charge in [0.15, 0.2) is 5.78 Å². The van der Waals surface area contributed by atoms with Crippen molar-refractivity contribution in [3.05, 3.63) is 119 Å². The molecule has 4 aromatic rings. The first-order valence-electron chi connectivity index (χ1n) is 11.0. The molecule has 0 atom stereocenters. The fraction of sp³-hybridized carbons (Fsp3) is 0.103. The number of hydrogen-bond donors (Lipinski definition) is 1. The highest BCUT2D eigenvalue weighted by atomic mass is 32.2. The summed E-state index contributed by atoms with van der Waals surface area (Å²) in [6, 6.07) is 31.8. The Hall–Kier alpha value is -3.63. The minimum atomic E-state index is -0.0458. The number of benzene rings is 4. The van der Waals surface area contributed by atoms with Crippen LogP contribution in [0.5, 0.6) is 0 Å². The average Bonchev–Trinajstić information content (AvgIpc) is 3.22. The maximum absolute atomic E-state index is 12.8. The van der Waals surface area contributed by atoms with Crippen molar-refractivity contribution >= 4 is 29.1 Å². The van der Waals surface area contributed by atoms with Crippen molar-refractivity contribution in [1.82, 2.24) is 0 Å². The molecule has 0 heterocycles. The van der Waals surface area contributed by atoms with E-state index in [-0.39, 0.29) is 11.7 Å². The Bertz CT molecular complexity index is 1310. The van der Waals surface area contributed by atoms with Crippen LogP contribution in [0.2, 0.25) is 0 Å². The first kappa shape index (κ1) is 21.2. The molecular formula is C29H23NO2S. The molecule has 4 heteroatoms. The van der Waals surface area contributed by atoms with Gasteiger partial charge < -0.3 is 5.32 Å². The normalized spacial score (nSPS) is 11.5. The SMILES string of the molecule is O=C(Cc1ccccc1)Nc1ccc(SCC(=O)c2ccc3c(c2)Cc2ccccc2-3)cc1. The largest absolute Gasteiger partial charge is 0.326 e. The molecule has 1 amide bonds. The molecule has 0 spiro atoms. The Morgan fingerprint density at radius 2 is 1.48 bits per heavy atom. The number of carbonyl (C=O) groups excluding carboxylic acids is 2. The molecule has 162 valence electrons. The number of fused-ring (bicyclic) bond motifs is 3. The third-order valence-corrected chi connectivity index (χ3v) is 6.84. The molecule has 0 radical (unpaired) electrons. The summed E-state index contributed by atoms with van der Waals surface area (Å²) in [7, 11) is 0. The van der Waals surface area contributed by atoms with Crippen molar-refractivity contribution < 1.29 is 9.59 Å². The van der Waals surface area contributed by atoms with Gasteiger partial charge >= 0.3 is 0 Å². The number of thioether (sulfide) groups is 1. The topological polar surface area (TPSA) is 46.2 Å². The van der Waals surface area contributed by atoms with Gasteiger partial charge in [0.1, 0.15) is 0 Å². The van der Waals surface area contributed by atoms with Gasteiger partial charge in [0.05, 0.1) is 12.2 Å². The molecule has 0 saturated heterocycles. The molecule has 3 nitrogen and oxygen atoms in total. The second kappa shape index (κ2) is 9.47. The lowest BCUT2D eigenvalue weighted by Gasteiger charge is -2.07. The zero-order valence-corrected chi connectivity index (χ0v) is 18.9. The highest BCUT2D eigenvalue weighted by Gasteiger charge is 2.19. The Balaban J connectivity index is 1.16. The number of ketones is 1. The summed E-state index contributed by atoms with van der Waals surface area (Å²) in [5, 5.41) is 2.92. The summed E-state index contributed by atoms with van der Waals surface area (Å²) < 4.78 is 0. The van der Waals surface area contributed by atoms with Crippen molar-refractivity contribution in [3.63, 3.8) is 0 Å². The molecule has 4 aromatic carbocycles. The van der Waals surface area contributed by atoms with E-state index in [0.717, 1.165) is 28.1 Å². The van der Waals surface area contributed by atoms with Crippen LogP contribution in [0.1, 0.15) is 27.0 Å². The van der Waals surface area contributed by atoms with Crippen LogP contribution in [0.4, 0.5) is 5.69 Å². The summed E-state index contributed by atoms with van der Waals surface area (Å²) in [6.07, 6.45) is 1.23. The fourth-order valence-electron chi connectivity index (χ4n) is 4.17. The summed E-state index contributed by atoms with van der Waals surface area (Å²) in [4.78, 5) is 26.0. The van der Waals surface area contributed by atoms with E-state index in [1.54, 1.807) is 0 Å².